The molecule has 23 heavy (non-hydrogen) atoms. The molecule has 0 radical (unpaired) electrons. The molecular formula is C17H23NO5. The third kappa shape index (κ3) is 4.01. The molecule has 0 bridgehead atoms. The minimum atomic E-state index is -1.28. The molecule has 0 aromatic heterocycles. The smallest absolute Gasteiger partial charge is 0.331 e. The van der Waals surface area contributed by atoms with E-state index in [0.29, 0.717) is 13.0 Å². The van der Waals surface area contributed by atoms with Crippen molar-refractivity contribution in [2.24, 2.45) is 0 Å². The Morgan fingerprint density at radius 2 is 2.09 bits per heavy atom. The van der Waals surface area contributed by atoms with Crippen LogP contribution in [0.3, 0.4) is 0 Å². The number of amides is 1. The number of carbonyl (C=O) groups is 2. The third-order valence-corrected chi connectivity index (χ3v) is 4.32. The summed E-state index contributed by atoms with van der Waals surface area (Å²) >= 11 is 0. The molecular weight excluding hydrogens is 298 g/mol. The van der Waals surface area contributed by atoms with Gasteiger partial charge in [-0.15, -0.1) is 0 Å². The van der Waals surface area contributed by atoms with Gasteiger partial charge in [-0.2, -0.15) is 0 Å². The van der Waals surface area contributed by atoms with Crippen molar-refractivity contribution in [3.8, 4) is 5.75 Å². The van der Waals surface area contributed by atoms with Crippen molar-refractivity contribution in [1.29, 1.82) is 0 Å². The second-order valence-corrected chi connectivity index (χ2v) is 5.82. The number of hydrogen-bond acceptors (Lipinski definition) is 4. The van der Waals surface area contributed by atoms with E-state index in [-0.39, 0.29) is 24.9 Å². The van der Waals surface area contributed by atoms with E-state index in [1.165, 1.54) is 0 Å². The van der Waals surface area contributed by atoms with Crippen LogP contribution in [0.5, 0.6) is 5.75 Å². The average molecular weight is 321 g/mol. The highest BCUT2D eigenvalue weighted by molar-refractivity contribution is 5.87. The summed E-state index contributed by atoms with van der Waals surface area (Å²) in [5, 5.41) is 12.0. The summed E-state index contributed by atoms with van der Waals surface area (Å²) in [5.74, 6) is -0.503. The van der Waals surface area contributed by atoms with Crippen LogP contribution in [0.15, 0.2) is 24.3 Å². The maximum atomic E-state index is 12.3. The number of carbonyl (C=O) groups excluding carboxylic acids is 1. The minimum Gasteiger partial charge on any atom is -0.497 e. The van der Waals surface area contributed by atoms with E-state index in [1.54, 1.807) is 7.11 Å². The van der Waals surface area contributed by atoms with Crippen LogP contribution in [-0.2, 0) is 14.3 Å². The molecule has 0 spiro atoms. The van der Waals surface area contributed by atoms with Crippen LogP contribution in [0, 0.1) is 0 Å². The van der Waals surface area contributed by atoms with Gasteiger partial charge in [0.05, 0.1) is 13.7 Å². The quantitative estimate of drug-likeness (QED) is 0.801. The Morgan fingerprint density at radius 3 is 2.57 bits per heavy atom. The Labute approximate surface area is 135 Å². The fourth-order valence-electron chi connectivity index (χ4n) is 2.80. The highest BCUT2D eigenvalue weighted by Gasteiger charge is 2.44. The molecule has 6 nitrogen and oxygen atoms in total. The summed E-state index contributed by atoms with van der Waals surface area (Å²) in [6.45, 7) is 2.38. The number of benzene rings is 1. The van der Waals surface area contributed by atoms with Crippen LogP contribution in [0.25, 0.3) is 0 Å². The highest BCUT2D eigenvalue weighted by Crippen LogP contribution is 2.26. The van der Waals surface area contributed by atoms with Crippen LogP contribution in [-0.4, -0.2) is 42.8 Å². The Morgan fingerprint density at radius 1 is 1.39 bits per heavy atom. The molecule has 1 aliphatic heterocycles. The first-order valence-electron chi connectivity index (χ1n) is 7.77. The Kier molecular flexibility index (Phi) is 5.60. The van der Waals surface area contributed by atoms with E-state index in [1.807, 2.05) is 31.2 Å². The average Bonchev–Trinajstić information content (AvgIpc) is 3.02. The van der Waals surface area contributed by atoms with Gasteiger partial charge in [-0.25, -0.2) is 4.79 Å². The fraction of sp³-hybridized carbons (Fsp3) is 0.529. The Hall–Kier alpha value is -2.08. The molecule has 1 aromatic rings. The number of carboxylic acids is 1. The summed E-state index contributed by atoms with van der Waals surface area (Å²) < 4.78 is 10.3. The second-order valence-electron chi connectivity index (χ2n) is 5.82. The molecule has 1 fully saturated rings. The molecule has 2 N–H and O–H groups in total. The van der Waals surface area contributed by atoms with Crippen molar-refractivity contribution in [2.45, 2.75) is 37.6 Å². The summed E-state index contributed by atoms with van der Waals surface area (Å²) in [6, 6.07) is 7.59. The van der Waals surface area contributed by atoms with Crippen LogP contribution in [0.4, 0.5) is 0 Å². The second kappa shape index (κ2) is 7.46. The van der Waals surface area contributed by atoms with Crippen LogP contribution in [0.2, 0.25) is 0 Å². The van der Waals surface area contributed by atoms with Gasteiger partial charge in [0.2, 0.25) is 5.91 Å². The minimum absolute atomic E-state index is 0.0212. The number of nitrogens with one attached hydrogen (secondary N) is 1. The van der Waals surface area contributed by atoms with Gasteiger partial charge in [0.25, 0.3) is 0 Å². The number of ether oxygens (including phenoxy) is 2. The number of hydrogen-bond donors (Lipinski definition) is 2. The first kappa shape index (κ1) is 17.3. The zero-order chi connectivity index (χ0) is 16.9. The maximum absolute atomic E-state index is 12.3. The lowest BCUT2D eigenvalue weighted by molar-refractivity contribution is -0.147. The van der Waals surface area contributed by atoms with Gasteiger partial charge in [-0.05, 0) is 30.0 Å². The molecule has 0 saturated carbocycles. The molecule has 2 rings (SSSR count). The standard InChI is InChI=1S/C17H23NO5/c1-3-12(13-4-6-14(22-2)7-5-13)10-15(19)18-17(16(20)21)8-9-23-11-17/h4-7,12H,3,8-11H2,1-2H3,(H,18,19)(H,20,21). The zero-order valence-electron chi connectivity index (χ0n) is 13.5. The van der Waals surface area contributed by atoms with Crippen molar-refractivity contribution in [1.82, 2.24) is 5.32 Å². The van der Waals surface area contributed by atoms with Crippen LogP contribution in [0.1, 0.15) is 37.7 Å². The highest BCUT2D eigenvalue weighted by atomic mass is 16.5. The van der Waals surface area contributed by atoms with E-state index >= 15 is 0 Å². The summed E-state index contributed by atoms with van der Waals surface area (Å²) in [5.41, 5.74) is -0.245. The molecule has 2 unspecified atom stereocenters. The van der Waals surface area contributed by atoms with Crippen molar-refractivity contribution >= 4 is 11.9 Å². The van der Waals surface area contributed by atoms with Gasteiger partial charge in [0, 0.05) is 19.4 Å². The van der Waals surface area contributed by atoms with Gasteiger partial charge in [-0.1, -0.05) is 19.1 Å². The molecule has 0 aliphatic carbocycles. The monoisotopic (exact) mass is 321 g/mol. The maximum Gasteiger partial charge on any atom is 0.331 e. The summed E-state index contributed by atoms with van der Waals surface area (Å²) in [6.07, 6.45) is 1.33. The normalized spacial score (nSPS) is 21.7. The SMILES string of the molecule is CCC(CC(=O)NC1(C(=O)O)CCOC1)c1ccc(OC)cc1. The lowest BCUT2D eigenvalue weighted by atomic mass is 9.91. The number of aliphatic carboxylic acids is 1. The first-order chi connectivity index (χ1) is 11.0. The van der Waals surface area contributed by atoms with Crippen molar-refractivity contribution in [3.63, 3.8) is 0 Å². The topological polar surface area (TPSA) is 84.9 Å². The van der Waals surface area contributed by atoms with E-state index < -0.39 is 11.5 Å². The summed E-state index contributed by atoms with van der Waals surface area (Å²) in [4.78, 5) is 23.8. The Balaban J connectivity index is 2.02. The van der Waals surface area contributed by atoms with Crippen molar-refractivity contribution in [3.05, 3.63) is 29.8 Å². The molecule has 6 heteroatoms. The first-order valence-corrected chi connectivity index (χ1v) is 7.77. The van der Waals surface area contributed by atoms with E-state index in [9.17, 15) is 14.7 Å². The van der Waals surface area contributed by atoms with Gasteiger partial charge < -0.3 is 19.9 Å². The molecule has 1 aliphatic rings. The zero-order valence-corrected chi connectivity index (χ0v) is 13.5. The van der Waals surface area contributed by atoms with E-state index in [0.717, 1.165) is 17.7 Å². The summed E-state index contributed by atoms with van der Waals surface area (Å²) in [7, 11) is 1.61. The number of methoxy groups -OCH3 is 1. The molecule has 1 heterocycles. The van der Waals surface area contributed by atoms with Crippen molar-refractivity contribution in [2.75, 3.05) is 20.3 Å². The fourth-order valence-corrected chi connectivity index (χ4v) is 2.80. The van der Waals surface area contributed by atoms with Gasteiger partial charge >= 0.3 is 5.97 Å². The van der Waals surface area contributed by atoms with Gasteiger partial charge in [0.15, 0.2) is 5.54 Å². The predicted octanol–water partition coefficient (Wildman–Crippen LogP) is 1.94. The number of rotatable bonds is 7. The largest absolute Gasteiger partial charge is 0.497 e. The lowest BCUT2D eigenvalue weighted by Gasteiger charge is -2.25. The van der Waals surface area contributed by atoms with Crippen LogP contribution < -0.4 is 10.1 Å². The molecule has 1 aromatic carbocycles. The Bertz CT molecular complexity index is 549. The molecule has 126 valence electrons. The lowest BCUT2D eigenvalue weighted by Crippen LogP contribution is -2.55. The van der Waals surface area contributed by atoms with Crippen LogP contribution >= 0.6 is 0 Å². The van der Waals surface area contributed by atoms with Gasteiger partial charge in [-0.3, -0.25) is 4.79 Å². The number of carboxylic acid groups (broad SMARTS) is 1. The van der Waals surface area contributed by atoms with E-state index in [2.05, 4.69) is 5.32 Å². The molecule has 1 saturated heterocycles. The third-order valence-electron chi connectivity index (χ3n) is 4.32. The van der Waals surface area contributed by atoms with E-state index in [4.69, 9.17) is 9.47 Å². The molecule has 2 atom stereocenters. The predicted molar refractivity (Wildman–Crippen MR) is 84.6 cm³/mol. The van der Waals surface area contributed by atoms with Gasteiger partial charge in [0.1, 0.15) is 5.75 Å². The van der Waals surface area contributed by atoms with Crippen molar-refractivity contribution < 1.29 is 24.2 Å². The molecule has 1 amide bonds.